The maximum Gasteiger partial charge on any atom is 0.409 e. The van der Waals surface area contributed by atoms with Gasteiger partial charge in [0.25, 0.3) is 0 Å². The fraction of sp³-hybridized carbons (Fsp3) is 0.391. The predicted molar refractivity (Wildman–Crippen MR) is 135 cm³/mol. The molecule has 2 N–H and O–H groups in total. The fourth-order valence-corrected chi connectivity index (χ4v) is 3.41. The number of amides is 1. The second-order valence-corrected chi connectivity index (χ2v) is 7.20. The van der Waals surface area contributed by atoms with Crippen molar-refractivity contribution in [3.8, 4) is 17.2 Å². The van der Waals surface area contributed by atoms with E-state index in [1.165, 1.54) is 7.11 Å². The van der Waals surface area contributed by atoms with E-state index in [-0.39, 0.29) is 36.1 Å². The summed E-state index contributed by atoms with van der Waals surface area (Å²) >= 11 is 0. The van der Waals surface area contributed by atoms with Crippen LogP contribution in [-0.4, -0.2) is 57.4 Å². The predicted octanol–water partition coefficient (Wildman–Crippen LogP) is 4.00. The molecule has 1 heterocycles. The SMILES string of the molecule is CN=C(NCc1ccc(Oc2ccccc2OC)cc1)NC1CCN(C(=O)OC)CC1.I. The van der Waals surface area contributed by atoms with E-state index < -0.39 is 0 Å². The van der Waals surface area contributed by atoms with Crippen molar-refractivity contribution in [2.45, 2.75) is 25.4 Å². The van der Waals surface area contributed by atoms with Gasteiger partial charge in [-0.05, 0) is 42.7 Å². The van der Waals surface area contributed by atoms with Gasteiger partial charge in [-0.25, -0.2) is 4.79 Å². The van der Waals surface area contributed by atoms with Crippen molar-refractivity contribution in [2.75, 3.05) is 34.4 Å². The van der Waals surface area contributed by atoms with Crippen molar-refractivity contribution in [3.63, 3.8) is 0 Å². The largest absolute Gasteiger partial charge is 0.493 e. The van der Waals surface area contributed by atoms with E-state index in [9.17, 15) is 4.79 Å². The molecule has 1 aliphatic heterocycles. The summed E-state index contributed by atoms with van der Waals surface area (Å²) in [5.74, 6) is 2.86. The summed E-state index contributed by atoms with van der Waals surface area (Å²) in [4.78, 5) is 17.6. The van der Waals surface area contributed by atoms with Crippen molar-refractivity contribution in [1.82, 2.24) is 15.5 Å². The molecular formula is C23H31IN4O4. The maximum atomic E-state index is 11.6. The van der Waals surface area contributed by atoms with Crippen LogP contribution in [0.2, 0.25) is 0 Å². The number of benzene rings is 2. The zero-order valence-corrected chi connectivity index (χ0v) is 21.0. The summed E-state index contributed by atoms with van der Waals surface area (Å²) in [6.07, 6.45) is 1.44. The normalized spacial score (nSPS) is 14.2. The molecule has 0 radical (unpaired) electrons. The third-order valence-electron chi connectivity index (χ3n) is 5.17. The van der Waals surface area contributed by atoms with Gasteiger partial charge in [0.1, 0.15) is 5.75 Å². The van der Waals surface area contributed by atoms with Crippen LogP contribution in [0.25, 0.3) is 0 Å². The van der Waals surface area contributed by atoms with E-state index in [0.717, 1.165) is 30.1 Å². The topological polar surface area (TPSA) is 84.4 Å². The number of nitrogens with zero attached hydrogens (tertiary/aromatic N) is 2. The zero-order valence-electron chi connectivity index (χ0n) is 18.7. The molecule has 0 spiro atoms. The second-order valence-electron chi connectivity index (χ2n) is 7.20. The summed E-state index contributed by atoms with van der Waals surface area (Å²) in [5.41, 5.74) is 1.11. The van der Waals surface area contributed by atoms with Gasteiger partial charge in [0.2, 0.25) is 0 Å². The number of carbonyl (C=O) groups excluding carboxylic acids is 1. The Labute approximate surface area is 206 Å². The number of methoxy groups -OCH3 is 2. The van der Waals surface area contributed by atoms with Crippen molar-refractivity contribution >= 4 is 36.0 Å². The number of rotatable bonds is 6. The molecule has 0 aromatic heterocycles. The van der Waals surface area contributed by atoms with Crippen molar-refractivity contribution in [1.29, 1.82) is 0 Å². The van der Waals surface area contributed by atoms with Gasteiger partial charge >= 0.3 is 6.09 Å². The molecule has 32 heavy (non-hydrogen) atoms. The van der Waals surface area contributed by atoms with Gasteiger partial charge in [-0.3, -0.25) is 4.99 Å². The molecule has 1 aliphatic rings. The monoisotopic (exact) mass is 554 g/mol. The molecule has 0 unspecified atom stereocenters. The summed E-state index contributed by atoms with van der Waals surface area (Å²) in [6.45, 7) is 1.99. The zero-order chi connectivity index (χ0) is 22.1. The number of piperidine rings is 1. The van der Waals surface area contributed by atoms with E-state index >= 15 is 0 Å². The molecular weight excluding hydrogens is 523 g/mol. The second kappa shape index (κ2) is 13.0. The number of halogens is 1. The number of likely N-dealkylation sites (tertiary alicyclic amines) is 1. The van der Waals surface area contributed by atoms with Gasteiger partial charge in [-0.2, -0.15) is 0 Å². The maximum absolute atomic E-state index is 11.6. The molecule has 2 aromatic rings. The summed E-state index contributed by atoms with van der Waals surface area (Å²) in [5, 5.41) is 6.77. The minimum Gasteiger partial charge on any atom is -0.493 e. The Kier molecular flexibility index (Phi) is 10.4. The van der Waals surface area contributed by atoms with E-state index in [2.05, 4.69) is 15.6 Å². The van der Waals surface area contributed by atoms with Gasteiger partial charge < -0.3 is 29.7 Å². The smallest absolute Gasteiger partial charge is 0.409 e. The minimum atomic E-state index is -0.265. The van der Waals surface area contributed by atoms with Crippen molar-refractivity contribution < 1.29 is 19.0 Å². The first-order valence-electron chi connectivity index (χ1n) is 10.3. The number of nitrogens with one attached hydrogen (secondary N) is 2. The number of para-hydroxylation sites is 2. The molecule has 0 bridgehead atoms. The first-order chi connectivity index (χ1) is 15.1. The van der Waals surface area contributed by atoms with Gasteiger partial charge in [0.05, 0.1) is 14.2 Å². The van der Waals surface area contributed by atoms with Crippen LogP contribution in [0.3, 0.4) is 0 Å². The van der Waals surface area contributed by atoms with Gasteiger partial charge in [-0.15, -0.1) is 24.0 Å². The molecule has 0 aliphatic carbocycles. The van der Waals surface area contributed by atoms with E-state index in [1.54, 1.807) is 19.1 Å². The summed E-state index contributed by atoms with van der Waals surface area (Å²) in [6, 6.07) is 15.7. The van der Waals surface area contributed by atoms with Crippen LogP contribution in [0.4, 0.5) is 4.79 Å². The third kappa shape index (κ3) is 7.18. The molecule has 1 saturated heterocycles. The van der Waals surface area contributed by atoms with Crippen molar-refractivity contribution in [2.24, 2.45) is 4.99 Å². The number of ether oxygens (including phenoxy) is 3. The molecule has 1 fully saturated rings. The van der Waals surface area contributed by atoms with E-state index in [1.807, 2.05) is 48.5 Å². The van der Waals surface area contributed by atoms with Gasteiger partial charge in [0.15, 0.2) is 17.5 Å². The lowest BCUT2D eigenvalue weighted by Crippen LogP contribution is -2.49. The average molecular weight is 554 g/mol. The summed E-state index contributed by atoms with van der Waals surface area (Å²) in [7, 11) is 4.79. The van der Waals surface area contributed by atoms with Gasteiger partial charge in [0, 0.05) is 32.7 Å². The first kappa shape index (κ1) is 25.6. The highest BCUT2D eigenvalue weighted by Crippen LogP contribution is 2.30. The van der Waals surface area contributed by atoms with Gasteiger partial charge in [-0.1, -0.05) is 24.3 Å². The Morgan fingerprint density at radius 1 is 1.06 bits per heavy atom. The lowest BCUT2D eigenvalue weighted by molar-refractivity contribution is 0.111. The van der Waals surface area contributed by atoms with Crippen LogP contribution in [0.1, 0.15) is 18.4 Å². The Hall–Kier alpha value is -2.69. The lowest BCUT2D eigenvalue weighted by Gasteiger charge is -2.32. The van der Waals surface area contributed by atoms with Crippen LogP contribution in [0.15, 0.2) is 53.5 Å². The Bertz CT molecular complexity index is 884. The molecule has 0 atom stereocenters. The Morgan fingerprint density at radius 3 is 2.31 bits per heavy atom. The highest BCUT2D eigenvalue weighted by Gasteiger charge is 2.23. The number of aliphatic imine (C=N–C) groups is 1. The van der Waals surface area contributed by atoms with Crippen LogP contribution in [0, 0.1) is 0 Å². The standard InChI is InChI=1S/C23H30N4O4.HI/c1-24-22(26-18-12-14-27(15-13-18)23(28)30-3)25-16-17-8-10-19(11-9-17)31-21-7-5-4-6-20(21)29-2;/h4-11,18H,12-16H2,1-3H3,(H2,24,25,26);1H. The van der Waals surface area contributed by atoms with Crippen molar-refractivity contribution in [3.05, 3.63) is 54.1 Å². The molecule has 174 valence electrons. The molecule has 8 nitrogen and oxygen atoms in total. The van der Waals surface area contributed by atoms with Crippen LogP contribution < -0.4 is 20.1 Å². The van der Waals surface area contributed by atoms with E-state index in [4.69, 9.17) is 14.2 Å². The van der Waals surface area contributed by atoms with E-state index in [0.29, 0.717) is 31.1 Å². The molecule has 9 heteroatoms. The third-order valence-corrected chi connectivity index (χ3v) is 5.17. The van der Waals surface area contributed by atoms with Crippen LogP contribution >= 0.6 is 24.0 Å². The highest BCUT2D eigenvalue weighted by atomic mass is 127. The highest BCUT2D eigenvalue weighted by molar-refractivity contribution is 14.0. The number of hydrogen-bond donors (Lipinski definition) is 2. The molecule has 3 rings (SSSR count). The number of hydrogen-bond acceptors (Lipinski definition) is 5. The number of guanidine groups is 1. The Morgan fingerprint density at radius 2 is 1.72 bits per heavy atom. The molecule has 2 aromatic carbocycles. The summed E-state index contributed by atoms with van der Waals surface area (Å²) < 4.78 is 16.0. The molecule has 1 amide bonds. The van der Waals surface area contributed by atoms with Crippen LogP contribution in [-0.2, 0) is 11.3 Å². The lowest BCUT2D eigenvalue weighted by atomic mass is 10.1. The average Bonchev–Trinajstić information content (AvgIpc) is 2.83. The number of carbonyl (C=O) groups is 1. The minimum absolute atomic E-state index is 0. The quantitative estimate of drug-likeness (QED) is 0.319. The first-order valence-corrected chi connectivity index (χ1v) is 10.3. The Balaban J connectivity index is 0.00000363. The fourth-order valence-electron chi connectivity index (χ4n) is 3.41. The van der Waals surface area contributed by atoms with Crippen LogP contribution in [0.5, 0.6) is 17.2 Å². The molecule has 0 saturated carbocycles.